The Hall–Kier alpha value is -1.79. The molecule has 0 unspecified atom stereocenters. The molecule has 0 fully saturated rings. The number of hydrogen-bond acceptors (Lipinski definition) is 4. The molecular formula is C12H22N2O5. The highest BCUT2D eigenvalue weighted by atomic mass is 16.5. The Labute approximate surface area is 112 Å². The van der Waals surface area contributed by atoms with E-state index in [0.717, 1.165) is 0 Å². The lowest BCUT2D eigenvalue weighted by molar-refractivity contribution is -0.143. The third-order valence-corrected chi connectivity index (χ3v) is 2.51. The van der Waals surface area contributed by atoms with Gasteiger partial charge in [-0.2, -0.15) is 0 Å². The number of urea groups is 1. The number of amides is 2. The van der Waals surface area contributed by atoms with E-state index in [0.29, 0.717) is 0 Å². The lowest BCUT2D eigenvalue weighted by Crippen LogP contribution is -2.51. The number of carboxylic acids is 1. The van der Waals surface area contributed by atoms with Gasteiger partial charge in [-0.25, -0.2) is 9.59 Å². The van der Waals surface area contributed by atoms with Gasteiger partial charge in [-0.1, -0.05) is 13.8 Å². The van der Waals surface area contributed by atoms with Crippen LogP contribution < -0.4 is 5.32 Å². The van der Waals surface area contributed by atoms with Crippen LogP contribution in [0.3, 0.4) is 0 Å². The molecule has 19 heavy (non-hydrogen) atoms. The summed E-state index contributed by atoms with van der Waals surface area (Å²) in [4.78, 5) is 35.4. The highest BCUT2D eigenvalue weighted by molar-refractivity contribution is 5.85. The topological polar surface area (TPSA) is 95.9 Å². The van der Waals surface area contributed by atoms with Crippen molar-refractivity contribution in [2.45, 2.75) is 33.7 Å². The quantitative estimate of drug-likeness (QED) is 0.666. The molecule has 0 aliphatic carbocycles. The van der Waals surface area contributed by atoms with E-state index >= 15 is 0 Å². The number of hydrogen-bond donors (Lipinski definition) is 2. The van der Waals surface area contributed by atoms with Crippen LogP contribution in [0, 0.1) is 5.92 Å². The molecule has 0 aromatic carbocycles. The largest absolute Gasteiger partial charge is 0.480 e. The molecule has 0 heterocycles. The maximum atomic E-state index is 11.9. The number of esters is 1. The van der Waals surface area contributed by atoms with Crippen molar-refractivity contribution >= 4 is 18.0 Å². The van der Waals surface area contributed by atoms with E-state index in [-0.39, 0.29) is 25.6 Å². The zero-order chi connectivity index (χ0) is 15.0. The van der Waals surface area contributed by atoms with Crippen LogP contribution in [0.15, 0.2) is 0 Å². The summed E-state index contributed by atoms with van der Waals surface area (Å²) in [6.07, 6.45) is 0. The van der Waals surface area contributed by atoms with Crippen molar-refractivity contribution in [3.05, 3.63) is 0 Å². The molecule has 0 rings (SSSR count). The fourth-order valence-electron chi connectivity index (χ4n) is 1.43. The number of rotatable bonds is 7. The minimum absolute atomic E-state index is 0.194. The first-order chi connectivity index (χ1) is 8.83. The van der Waals surface area contributed by atoms with Gasteiger partial charge in [-0.3, -0.25) is 4.79 Å². The monoisotopic (exact) mass is 274 g/mol. The SMILES string of the molecule is CCOC(=O)CN(CC)C(=O)N[C@H](C(=O)O)C(C)C. The summed E-state index contributed by atoms with van der Waals surface area (Å²) in [7, 11) is 0. The maximum Gasteiger partial charge on any atom is 0.326 e. The molecule has 0 aromatic heterocycles. The first kappa shape index (κ1) is 17.2. The summed E-state index contributed by atoms with van der Waals surface area (Å²) >= 11 is 0. The van der Waals surface area contributed by atoms with Crippen LogP contribution in [0.4, 0.5) is 4.79 Å². The number of nitrogens with one attached hydrogen (secondary N) is 1. The van der Waals surface area contributed by atoms with Crippen molar-refractivity contribution in [1.82, 2.24) is 10.2 Å². The summed E-state index contributed by atoms with van der Waals surface area (Å²) in [5, 5.41) is 11.4. The summed E-state index contributed by atoms with van der Waals surface area (Å²) in [5.74, 6) is -1.87. The van der Waals surface area contributed by atoms with Crippen LogP contribution in [0.1, 0.15) is 27.7 Å². The summed E-state index contributed by atoms with van der Waals surface area (Å²) in [5.41, 5.74) is 0. The number of carbonyl (C=O) groups is 3. The predicted molar refractivity (Wildman–Crippen MR) is 68.7 cm³/mol. The van der Waals surface area contributed by atoms with Crippen molar-refractivity contribution in [3.63, 3.8) is 0 Å². The molecule has 0 saturated carbocycles. The molecule has 1 atom stereocenters. The Morgan fingerprint density at radius 1 is 1.26 bits per heavy atom. The summed E-state index contributed by atoms with van der Waals surface area (Å²) < 4.78 is 4.75. The van der Waals surface area contributed by atoms with Gasteiger partial charge in [0, 0.05) is 6.54 Å². The molecule has 7 heteroatoms. The second-order valence-corrected chi connectivity index (χ2v) is 4.33. The second kappa shape index (κ2) is 8.34. The lowest BCUT2D eigenvalue weighted by atomic mass is 10.1. The standard InChI is InChI=1S/C12H22N2O5/c1-5-14(7-9(15)19-6-2)12(18)13-10(8(3)4)11(16)17/h8,10H,5-7H2,1-4H3,(H,13,18)(H,16,17)/t10-/m0/s1. The van der Waals surface area contributed by atoms with Gasteiger partial charge in [0.05, 0.1) is 6.61 Å². The van der Waals surface area contributed by atoms with Crippen LogP contribution in [-0.4, -0.2) is 53.7 Å². The molecule has 0 spiro atoms. The van der Waals surface area contributed by atoms with E-state index in [9.17, 15) is 14.4 Å². The minimum Gasteiger partial charge on any atom is -0.480 e. The van der Waals surface area contributed by atoms with E-state index < -0.39 is 24.0 Å². The fourth-order valence-corrected chi connectivity index (χ4v) is 1.43. The molecule has 0 aliphatic heterocycles. The Morgan fingerprint density at radius 2 is 1.84 bits per heavy atom. The van der Waals surface area contributed by atoms with Crippen molar-refractivity contribution < 1.29 is 24.2 Å². The zero-order valence-corrected chi connectivity index (χ0v) is 11.8. The Balaban J connectivity index is 4.58. The molecule has 0 aromatic rings. The van der Waals surface area contributed by atoms with E-state index in [1.165, 1.54) is 4.90 Å². The van der Waals surface area contributed by atoms with Crippen molar-refractivity contribution in [3.8, 4) is 0 Å². The van der Waals surface area contributed by atoms with Crippen molar-refractivity contribution in [1.29, 1.82) is 0 Å². The predicted octanol–water partition coefficient (Wildman–Crippen LogP) is 0.690. The number of nitrogens with zero attached hydrogens (tertiary/aromatic N) is 1. The summed E-state index contributed by atoms with van der Waals surface area (Å²) in [6.45, 7) is 7.09. The molecule has 0 saturated heterocycles. The van der Waals surface area contributed by atoms with Gasteiger partial charge >= 0.3 is 18.0 Å². The molecule has 0 aliphatic rings. The minimum atomic E-state index is -1.10. The average molecular weight is 274 g/mol. The van der Waals surface area contributed by atoms with Crippen LogP contribution in [0.5, 0.6) is 0 Å². The number of ether oxygens (including phenoxy) is 1. The van der Waals surface area contributed by atoms with Gasteiger partial charge in [0.25, 0.3) is 0 Å². The van der Waals surface area contributed by atoms with E-state index in [1.54, 1.807) is 27.7 Å². The van der Waals surface area contributed by atoms with Crippen molar-refractivity contribution in [2.24, 2.45) is 5.92 Å². The van der Waals surface area contributed by atoms with Crippen LogP contribution in [-0.2, 0) is 14.3 Å². The fraction of sp³-hybridized carbons (Fsp3) is 0.750. The van der Waals surface area contributed by atoms with Crippen LogP contribution >= 0.6 is 0 Å². The summed E-state index contributed by atoms with van der Waals surface area (Å²) in [6, 6.07) is -1.57. The van der Waals surface area contributed by atoms with Gasteiger partial charge in [0.1, 0.15) is 12.6 Å². The smallest absolute Gasteiger partial charge is 0.326 e. The van der Waals surface area contributed by atoms with Gasteiger partial charge in [-0.15, -0.1) is 0 Å². The lowest BCUT2D eigenvalue weighted by Gasteiger charge is -2.24. The first-order valence-electron chi connectivity index (χ1n) is 6.27. The Bertz CT molecular complexity index is 330. The second-order valence-electron chi connectivity index (χ2n) is 4.33. The Morgan fingerprint density at radius 3 is 2.21 bits per heavy atom. The van der Waals surface area contributed by atoms with E-state index in [1.807, 2.05) is 0 Å². The molecule has 0 radical (unpaired) electrons. The normalized spacial score (nSPS) is 11.8. The van der Waals surface area contributed by atoms with Gasteiger partial charge in [0.15, 0.2) is 0 Å². The average Bonchev–Trinajstić information content (AvgIpc) is 2.32. The van der Waals surface area contributed by atoms with Gasteiger partial charge in [0.2, 0.25) is 0 Å². The molecule has 7 nitrogen and oxygen atoms in total. The molecular weight excluding hydrogens is 252 g/mol. The maximum absolute atomic E-state index is 11.9. The van der Waals surface area contributed by atoms with Crippen molar-refractivity contribution in [2.75, 3.05) is 19.7 Å². The van der Waals surface area contributed by atoms with Crippen LogP contribution in [0.2, 0.25) is 0 Å². The highest BCUT2D eigenvalue weighted by Gasteiger charge is 2.26. The zero-order valence-electron chi connectivity index (χ0n) is 11.8. The number of aliphatic carboxylic acids is 1. The van der Waals surface area contributed by atoms with E-state index in [4.69, 9.17) is 9.84 Å². The van der Waals surface area contributed by atoms with E-state index in [2.05, 4.69) is 5.32 Å². The molecule has 0 bridgehead atoms. The van der Waals surface area contributed by atoms with Gasteiger partial charge in [-0.05, 0) is 19.8 Å². The number of carboxylic acid groups (broad SMARTS) is 1. The van der Waals surface area contributed by atoms with Gasteiger partial charge < -0.3 is 20.1 Å². The third kappa shape index (κ3) is 6.08. The van der Waals surface area contributed by atoms with Crippen LogP contribution in [0.25, 0.3) is 0 Å². The molecule has 2 amide bonds. The number of carbonyl (C=O) groups excluding carboxylic acids is 2. The first-order valence-corrected chi connectivity index (χ1v) is 6.27. The molecule has 110 valence electrons. The highest BCUT2D eigenvalue weighted by Crippen LogP contribution is 2.03. The number of likely N-dealkylation sites (N-methyl/N-ethyl adjacent to an activating group) is 1. The Kier molecular flexibility index (Phi) is 7.55. The molecule has 2 N–H and O–H groups in total. The third-order valence-electron chi connectivity index (χ3n) is 2.51.